The first-order valence-electron chi connectivity index (χ1n) is 10.7. The molecule has 2 atom stereocenters. The van der Waals surface area contributed by atoms with E-state index in [1.165, 1.54) is 12.1 Å². The summed E-state index contributed by atoms with van der Waals surface area (Å²) in [4.78, 5) is 16.3. The maximum absolute atomic E-state index is 13.5. The van der Waals surface area contributed by atoms with Crippen LogP contribution in [0.25, 0.3) is 0 Å². The highest BCUT2D eigenvalue weighted by Gasteiger charge is 2.47. The Hall–Kier alpha value is -1.57. The Kier molecular flexibility index (Phi) is 6.47. The maximum Gasteiger partial charge on any atom is 0.248 e. The summed E-state index contributed by atoms with van der Waals surface area (Å²) in [5.41, 5.74) is 0.496. The van der Waals surface area contributed by atoms with Crippen LogP contribution in [0.15, 0.2) is 18.2 Å². The molecule has 2 saturated heterocycles. The number of ether oxygens (including phenoxy) is 2. The Labute approximate surface area is 170 Å². The van der Waals surface area contributed by atoms with E-state index in [0.29, 0.717) is 19.8 Å². The van der Waals surface area contributed by atoms with Gasteiger partial charge in [0.05, 0.1) is 18.8 Å². The van der Waals surface area contributed by atoms with Crippen molar-refractivity contribution in [3.8, 4) is 0 Å². The van der Waals surface area contributed by atoms with E-state index in [-0.39, 0.29) is 24.0 Å². The molecule has 3 aliphatic rings. The van der Waals surface area contributed by atoms with Gasteiger partial charge in [-0.3, -0.25) is 9.69 Å². The van der Waals surface area contributed by atoms with Crippen molar-refractivity contribution in [2.75, 3.05) is 46.0 Å². The number of nitrogens with zero attached hydrogens (tertiary/aromatic N) is 2. The van der Waals surface area contributed by atoms with Crippen molar-refractivity contribution in [3.63, 3.8) is 0 Å². The predicted octanol–water partition coefficient (Wildman–Crippen LogP) is 2.97. The topological polar surface area (TPSA) is 42.0 Å². The highest BCUT2D eigenvalue weighted by molar-refractivity contribution is 5.77. The third-order valence-electron chi connectivity index (χ3n) is 6.58. The van der Waals surface area contributed by atoms with E-state index in [1.54, 1.807) is 6.07 Å². The number of hydrogen-bond acceptors (Lipinski definition) is 4. The van der Waals surface area contributed by atoms with Crippen LogP contribution in [0.2, 0.25) is 0 Å². The van der Waals surface area contributed by atoms with E-state index in [2.05, 4.69) is 4.90 Å². The largest absolute Gasteiger partial charge is 0.372 e. The number of amides is 1. The second kappa shape index (κ2) is 9.06. The third kappa shape index (κ3) is 4.78. The highest BCUT2D eigenvalue weighted by Crippen LogP contribution is 2.41. The molecule has 1 aromatic carbocycles. The van der Waals surface area contributed by atoms with Crippen LogP contribution in [0.4, 0.5) is 8.78 Å². The molecule has 1 aliphatic carbocycles. The Balaban J connectivity index is 1.32. The summed E-state index contributed by atoms with van der Waals surface area (Å²) in [6.45, 7) is 5.07. The van der Waals surface area contributed by atoms with E-state index < -0.39 is 11.6 Å². The van der Waals surface area contributed by atoms with E-state index in [0.717, 1.165) is 63.8 Å². The van der Waals surface area contributed by atoms with Gasteiger partial charge in [0.2, 0.25) is 5.91 Å². The van der Waals surface area contributed by atoms with Gasteiger partial charge >= 0.3 is 0 Å². The van der Waals surface area contributed by atoms with Crippen molar-refractivity contribution >= 4 is 5.91 Å². The third-order valence-corrected chi connectivity index (χ3v) is 6.58. The normalized spacial score (nSPS) is 27.8. The van der Waals surface area contributed by atoms with Gasteiger partial charge in [-0.05, 0) is 43.4 Å². The molecule has 2 heterocycles. The molecule has 4 rings (SSSR count). The van der Waals surface area contributed by atoms with Gasteiger partial charge in [-0.1, -0.05) is 12.5 Å². The lowest BCUT2D eigenvalue weighted by Gasteiger charge is -2.44. The van der Waals surface area contributed by atoms with Gasteiger partial charge in [-0.2, -0.15) is 0 Å². The number of likely N-dealkylation sites (tertiary alicyclic amines) is 1. The molecule has 5 nitrogen and oxygen atoms in total. The second-order valence-electron chi connectivity index (χ2n) is 8.56. The molecule has 0 radical (unpaired) electrons. The molecule has 160 valence electrons. The molecule has 1 amide bonds. The molecular formula is C22H30F2N2O3. The molecule has 0 unspecified atom stereocenters. The minimum Gasteiger partial charge on any atom is -0.372 e. The fraction of sp³-hybridized carbons (Fsp3) is 0.682. The van der Waals surface area contributed by atoms with Crippen molar-refractivity contribution < 1.29 is 23.0 Å². The van der Waals surface area contributed by atoms with Gasteiger partial charge < -0.3 is 14.4 Å². The maximum atomic E-state index is 13.5. The van der Waals surface area contributed by atoms with Crippen molar-refractivity contribution in [1.29, 1.82) is 0 Å². The van der Waals surface area contributed by atoms with E-state index >= 15 is 0 Å². The van der Waals surface area contributed by atoms with E-state index in [9.17, 15) is 13.6 Å². The number of halogens is 2. The molecule has 29 heavy (non-hydrogen) atoms. The smallest absolute Gasteiger partial charge is 0.248 e. The number of carbonyl (C=O) groups excluding carboxylic acids is 1. The number of rotatable bonds is 6. The fourth-order valence-electron chi connectivity index (χ4n) is 5.01. The van der Waals surface area contributed by atoms with Crippen LogP contribution in [0.3, 0.4) is 0 Å². The first kappa shape index (κ1) is 20.7. The zero-order valence-electron chi connectivity index (χ0n) is 16.9. The van der Waals surface area contributed by atoms with Crippen molar-refractivity contribution in [3.05, 3.63) is 35.4 Å². The molecule has 1 aromatic rings. The summed E-state index contributed by atoms with van der Waals surface area (Å²) in [7, 11) is 0. The second-order valence-corrected chi connectivity index (χ2v) is 8.56. The summed E-state index contributed by atoms with van der Waals surface area (Å²) in [5, 5.41) is 0. The standard InChI is InChI=1S/C22H30F2N2O3/c23-19-6-5-17(12-20(19)24)13-25-10-11-29-22(16-25)7-3-4-18(22)14-28-15-21(27)26-8-1-2-9-26/h5-6,12,18H,1-4,7-11,13-16H2/t18-,22+/m0/s1. The van der Waals surface area contributed by atoms with Gasteiger partial charge in [-0.25, -0.2) is 8.78 Å². The molecule has 2 aliphatic heterocycles. The molecular weight excluding hydrogens is 378 g/mol. The predicted molar refractivity (Wildman–Crippen MR) is 104 cm³/mol. The van der Waals surface area contributed by atoms with Gasteiger partial charge in [0.25, 0.3) is 0 Å². The van der Waals surface area contributed by atoms with Crippen LogP contribution in [0.5, 0.6) is 0 Å². The Morgan fingerprint density at radius 3 is 2.79 bits per heavy atom. The van der Waals surface area contributed by atoms with E-state index in [1.807, 2.05) is 4.90 Å². The summed E-state index contributed by atoms with van der Waals surface area (Å²) in [6, 6.07) is 4.10. The molecule has 0 N–H and O–H groups in total. The quantitative estimate of drug-likeness (QED) is 0.726. The zero-order chi connectivity index (χ0) is 20.3. The Bertz CT molecular complexity index is 726. The number of morpholine rings is 1. The first-order chi connectivity index (χ1) is 14.1. The summed E-state index contributed by atoms with van der Waals surface area (Å²) in [5.74, 6) is -1.29. The summed E-state index contributed by atoms with van der Waals surface area (Å²) < 4.78 is 38.8. The lowest BCUT2D eigenvalue weighted by molar-refractivity contribution is -0.149. The van der Waals surface area contributed by atoms with Gasteiger partial charge in [0, 0.05) is 38.6 Å². The lowest BCUT2D eigenvalue weighted by Crippen LogP contribution is -2.54. The van der Waals surface area contributed by atoms with Crippen molar-refractivity contribution in [2.45, 2.75) is 44.2 Å². The van der Waals surface area contributed by atoms with Gasteiger partial charge in [0.15, 0.2) is 11.6 Å². The highest BCUT2D eigenvalue weighted by atomic mass is 19.2. The van der Waals surface area contributed by atoms with Crippen molar-refractivity contribution in [1.82, 2.24) is 9.80 Å². The molecule has 1 spiro atoms. The minimum absolute atomic E-state index is 0.0825. The molecule has 3 fully saturated rings. The molecule has 0 bridgehead atoms. The monoisotopic (exact) mass is 408 g/mol. The molecule has 1 saturated carbocycles. The van der Waals surface area contributed by atoms with Crippen LogP contribution < -0.4 is 0 Å². The average molecular weight is 408 g/mol. The minimum atomic E-state index is -0.816. The van der Waals surface area contributed by atoms with Gasteiger partial charge in [-0.15, -0.1) is 0 Å². The van der Waals surface area contributed by atoms with Crippen LogP contribution in [-0.2, 0) is 20.8 Å². The first-order valence-corrected chi connectivity index (χ1v) is 10.7. The van der Waals surface area contributed by atoms with E-state index in [4.69, 9.17) is 9.47 Å². The lowest BCUT2D eigenvalue weighted by atomic mass is 9.89. The number of benzene rings is 1. The Morgan fingerprint density at radius 2 is 2.00 bits per heavy atom. The number of hydrogen-bond donors (Lipinski definition) is 0. The van der Waals surface area contributed by atoms with Crippen LogP contribution in [0, 0.1) is 17.6 Å². The molecule has 7 heteroatoms. The van der Waals surface area contributed by atoms with Crippen LogP contribution in [0.1, 0.15) is 37.7 Å². The van der Waals surface area contributed by atoms with Crippen LogP contribution >= 0.6 is 0 Å². The molecule has 0 aromatic heterocycles. The number of carbonyl (C=O) groups is 1. The summed E-state index contributed by atoms with van der Waals surface area (Å²) >= 11 is 0. The Morgan fingerprint density at radius 1 is 1.17 bits per heavy atom. The average Bonchev–Trinajstić information content (AvgIpc) is 3.36. The van der Waals surface area contributed by atoms with Crippen molar-refractivity contribution in [2.24, 2.45) is 5.92 Å². The van der Waals surface area contributed by atoms with Crippen LogP contribution in [-0.4, -0.2) is 67.3 Å². The fourth-order valence-corrected chi connectivity index (χ4v) is 5.01. The zero-order valence-corrected chi connectivity index (χ0v) is 16.9. The SMILES string of the molecule is O=C(COC[C@@H]1CCC[C@@]12CN(Cc1ccc(F)c(F)c1)CCO2)N1CCCC1. The van der Waals surface area contributed by atoms with Gasteiger partial charge in [0.1, 0.15) is 6.61 Å². The summed E-state index contributed by atoms with van der Waals surface area (Å²) in [6.07, 6.45) is 5.23.